The highest BCUT2D eigenvalue weighted by Crippen LogP contribution is 2.26. The summed E-state index contributed by atoms with van der Waals surface area (Å²) in [5.74, 6) is 0. The van der Waals surface area contributed by atoms with Crippen LogP contribution in [-0.4, -0.2) is 27.4 Å². The molecule has 1 aromatic carbocycles. The SMILES string of the molecule is N#Cc1ccc(S(=O)(=O)CS(=O)(=O)C(F)(F)F)cc1. The summed E-state index contributed by atoms with van der Waals surface area (Å²) in [6.45, 7) is 0. The van der Waals surface area contributed by atoms with Crippen LogP contribution in [0.15, 0.2) is 29.2 Å². The molecule has 0 unspecified atom stereocenters. The maximum Gasteiger partial charge on any atom is 0.498 e. The summed E-state index contributed by atoms with van der Waals surface area (Å²) in [5, 5.41) is 6.42. The van der Waals surface area contributed by atoms with Crippen molar-refractivity contribution in [3.05, 3.63) is 29.8 Å². The fourth-order valence-corrected chi connectivity index (χ4v) is 4.34. The second-order valence-corrected chi connectivity index (χ2v) is 7.77. The van der Waals surface area contributed by atoms with Crippen molar-refractivity contribution in [2.24, 2.45) is 0 Å². The average molecular weight is 313 g/mol. The van der Waals surface area contributed by atoms with E-state index in [1.807, 2.05) is 0 Å². The van der Waals surface area contributed by atoms with E-state index in [9.17, 15) is 30.0 Å². The molecule has 0 saturated heterocycles. The number of benzene rings is 1. The van der Waals surface area contributed by atoms with Gasteiger partial charge in [0.15, 0.2) is 14.9 Å². The predicted molar refractivity (Wildman–Crippen MR) is 58.2 cm³/mol. The largest absolute Gasteiger partial charge is 0.498 e. The van der Waals surface area contributed by atoms with E-state index in [0.717, 1.165) is 24.3 Å². The summed E-state index contributed by atoms with van der Waals surface area (Å²) in [6.07, 6.45) is 0. The number of hydrogen-bond donors (Lipinski definition) is 0. The number of nitrogens with zero attached hydrogens (tertiary/aromatic N) is 1. The Morgan fingerprint density at radius 3 is 1.89 bits per heavy atom. The molecule has 0 aliphatic heterocycles. The average Bonchev–Trinajstić information content (AvgIpc) is 2.26. The lowest BCUT2D eigenvalue weighted by Gasteiger charge is -2.08. The second kappa shape index (κ2) is 4.82. The van der Waals surface area contributed by atoms with Gasteiger partial charge in [0.2, 0.25) is 0 Å². The van der Waals surface area contributed by atoms with E-state index in [1.54, 1.807) is 6.07 Å². The van der Waals surface area contributed by atoms with Gasteiger partial charge in [0.05, 0.1) is 16.5 Å². The minimum Gasteiger partial charge on any atom is -0.223 e. The quantitative estimate of drug-likeness (QED) is 0.836. The Labute approximate surface area is 107 Å². The highest BCUT2D eigenvalue weighted by atomic mass is 32.3. The molecule has 0 N–H and O–H groups in total. The summed E-state index contributed by atoms with van der Waals surface area (Å²) in [5.41, 5.74) is -5.54. The van der Waals surface area contributed by atoms with Crippen LogP contribution in [0.4, 0.5) is 13.2 Å². The normalized spacial score (nSPS) is 12.9. The fourth-order valence-electron chi connectivity index (χ4n) is 1.08. The van der Waals surface area contributed by atoms with Gasteiger partial charge in [-0.15, -0.1) is 0 Å². The first-order chi connectivity index (χ1) is 8.49. The molecule has 0 aliphatic carbocycles. The van der Waals surface area contributed by atoms with Crippen LogP contribution in [0.3, 0.4) is 0 Å². The van der Waals surface area contributed by atoms with Gasteiger partial charge in [-0.2, -0.15) is 18.4 Å². The number of alkyl halides is 3. The van der Waals surface area contributed by atoms with Crippen LogP contribution in [-0.2, 0) is 19.7 Å². The van der Waals surface area contributed by atoms with E-state index < -0.39 is 35.2 Å². The molecular formula is C9H6F3NO4S2. The molecule has 10 heteroatoms. The van der Waals surface area contributed by atoms with Gasteiger partial charge in [0.25, 0.3) is 9.84 Å². The van der Waals surface area contributed by atoms with Gasteiger partial charge in [-0.05, 0) is 24.3 Å². The summed E-state index contributed by atoms with van der Waals surface area (Å²) in [7, 11) is -10.4. The number of sulfone groups is 2. The fraction of sp³-hybridized carbons (Fsp3) is 0.222. The Kier molecular flexibility index (Phi) is 3.92. The van der Waals surface area contributed by atoms with Crippen LogP contribution in [0, 0.1) is 11.3 Å². The van der Waals surface area contributed by atoms with Gasteiger partial charge in [0.1, 0.15) is 0 Å². The van der Waals surface area contributed by atoms with Gasteiger partial charge in [-0.3, -0.25) is 0 Å². The number of hydrogen-bond acceptors (Lipinski definition) is 5. The van der Waals surface area contributed by atoms with Crippen LogP contribution in [0.25, 0.3) is 0 Å². The van der Waals surface area contributed by atoms with Crippen molar-refractivity contribution in [2.75, 3.05) is 5.08 Å². The Bertz CT molecular complexity index is 712. The van der Waals surface area contributed by atoms with E-state index in [1.165, 1.54) is 0 Å². The van der Waals surface area contributed by atoms with Crippen LogP contribution in [0.2, 0.25) is 0 Å². The van der Waals surface area contributed by atoms with Crippen molar-refractivity contribution in [1.82, 2.24) is 0 Å². The van der Waals surface area contributed by atoms with Gasteiger partial charge in [-0.1, -0.05) is 0 Å². The Morgan fingerprint density at radius 1 is 1.05 bits per heavy atom. The molecule has 0 amide bonds. The molecule has 0 heterocycles. The van der Waals surface area contributed by atoms with Crippen molar-refractivity contribution in [3.63, 3.8) is 0 Å². The zero-order valence-corrected chi connectivity index (χ0v) is 10.7. The van der Waals surface area contributed by atoms with Crippen molar-refractivity contribution in [3.8, 4) is 6.07 Å². The summed E-state index contributed by atoms with van der Waals surface area (Å²) >= 11 is 0. The van der Waals surface area contributed by atoms with Crippen molar-refractivity contribution in [2.45, 2.75) is 10.4 Å². The third-order valence-corrected chi connectivity index (χ3v) is 6.18. The predicted octanol–water partition coefficient (Wildman–Crippen LogP) is 1.22. The van der Waals surface area contributed by atoms with Crippen molar-refractivity contribution in [1.29, 1.82) is 5.26 Å². The molecule has 1 rings (SSSR count). The monoisotopic (exact) mass is 313 g/mol. The zero-order valence-electron chi connectivity index (χ0n) is 9.05. The summed E-state index contributed by atoms with van der Waals surface area (Å²) < 4.78 is 81.0. The molecule has 0 radical (unpaired) electrons. The van der Waals surface area contributed by atoms with Gasteiger partial charge < -0.3 is 0 Å². The maximum absolute atomic E-state index is 12.1. The maximum atomic E-state index is 12.1. The highest BCUT2D eigenvalue weighted by molar-refractivity contribution is 8.08. The van der Waals surface area contributed by atoms with Crippen LogP contribution in [0.1, 0.15) is 5.56 Å². The Balaban J connectivity index is 3.17. The molecule has 0 atom stereocenters. The minimum absolute atomic E-state index is 0.0950. The first-order valence-electron chi connectivity index (χ1n) is 4.51. The second-order valence-electron chi connectivity index (χ2n) is 3.43. The Hall–Kier alpha value is -1.60. The molecule has 0 fully saturated rings. The molecule has 104 valence electrons. The standard InChI is InChI=1S/C9H6F3NO4S2/c10-9(11,12)19(16,17)6-18(14,15)8-3-1-7(5-13)2-4-8/h1-4H,6H2. The number of halogens is 3. The van der Waals surface area contributed by atoms with Gasteiger partial charge >= 0.3 is 5.51 Å². The third-order valence-electron chi connectivity index (χ3n) is 2.01. The van der Waals surface area contributed by atoms with Crippen LogP contribution in [0.5, 0.6) is 0 Å². The van der Waals surface area contributed by atoms with Crippen molar-refractivity contribution >= 4 is 19.7 Å². The highest BCUT2D eigenvalue weighted by Gasteiger charge is 2.48. The zero-order chi connectivity index (χ0) is 14.9. The van der Waals surface area contributed by atoms with E-state index in [2.05, 4.69) is 0 Å². The first-order valence-corrected chi connectivity index (χ1v) is 7.82. The van der Waals surface area contributed by atoms with E-state index in [4.69, 9.17) is 5.26 Å². The van der Waals surface area contributed by atoms with Crippen LogP contribution < -0.4 is 0 Å². The molecule has 19 heavy (non-hydrogen) atoms. The number of rotatable bonds is 3. The smallest absolute Gasteiger partial charge is 0.223 e. The van der Waals surface area contributed by atoms with E-state index in [0.29, 0.717) is 0 Å². The van der Waals surface area contributed by atoms with Gasteiger partial charge in [-0.25, -0.2) is 16.8 Å². The van der Waals surface area contributed by atoms with Gasteiger partial charge in [0, 0.05) is 0 Å². The topological polar surface area (TPSA) is 92.1 Å². The molecule has 0 bridgehead atoms. The summed E-state index contributed by atoms with van der Waals surface area (Å²) in [6, 6.07) is 5.56. The van der Waals surface area contributed by atoms with Crippen LogP contribution >= 0.6 is 0 Å². The molecule has 0 saturated carbocycles. The molecule has 0 aromatic heterocycles. The van der Waals surface area contributed by atoms with E-state index >= 15 is 0 Å². The third kappa shape index (κ3) is 3.45. The molecule has 1 aromatic rings. The first kappa shape index (κ1) is 15.5. The lowest BCUT2D eigenvalue weighted by atomic mass is 10.2. The van der Waals surface area contributed by atoms with E-state index in [-0.39, 0.29) is 5.56 Å². The van der Waals surface area contributed by atoms with Crippen molar-refractivity contribution < 1.29 is 30.0 Å². The summed E-state index contributed by atoms with van der Waals surface area (Å²) in [4.78, 5) is -0.598. The number of nitriles is 1. The molecule has 5 nitrogen and oxygen atoms in total. The molecule has 0 spiro atoms. The lowest BCUT2D eigenvalue weighted by molar-refractivity contribution is -0.0431. The molecule has 0 aliphatic rings. The Morgan fingerprint density at radius 2 is 1.53 bits per heavy atom. The molecular weight excluding hydrogens is 307 g/mol. The lowest BCUT2D eigenvalue weighted by Crippen LogP contribution is -2.30. The minimum atomic E-state index is -5.77.